The lowest BCUT2D eigenvalue weighted by molar-refractivity contribution is -0.112. The van der Waals surface area contributed by atoms with E-state index in [0.29, 0.717) is 5.71 Å². The second kappa shape index (κ2) is 7.08. The maximum atomic E-state index is 12.9. The molecule has 0 aromatic heterocycles. The predicted molar refractivity (Wildman–Crippen MR) is 108 cm³/mol. The fraction of sp³-hybridized carbons (Fsp3) is 0.130. The van der Waals surface area contributed by atoms with Gasteiger partial charge in [-0.3, -0.25) is 4.79 Å². The molecule has 4 rings (SSSR count). The van der Waals surface area contributed by atoms with Crippen molar-refractivity contribution >= 4 is 23.0 Å². The zero-order chi connectivity index (χ0) is 18.8. The zero-order valence-electron chi connectivity index (χ0n) is 15.3. The number of anilines is 1. The van der Waals surface area contributed by atoms with Crippen LogP contribution in [0.1, 0.15) is 19.4 Å². The lowest BCUT2D eigenvalue weighted by Crippen LogP contribution is -2.35. The second-order valence-electron chi connectivity index (χ2n) is 6.66. The van der Waals surface area contributed by atoms with Crippen molar-refractivity contribution in [1.29, 1.82) is 0 Å². The first kappa shape index (κ1) is 17.0. The summed E-state index contributed by atoms with van der Waals surface area (Å²) in [5.41, 5.74) is 3.00. The van der Waals surface area contributed by atoms with Gasteiger partial charge in [0.15, 0.2) is 0 Å². The summed E-state index contributed by atoms with van der Waals surface area (Å²) in [5, 5.41) is 0. The van der Waals surface area contributed by atoms with E-state index in [4.69, 9.17) is 4.74 Å². The minimum atomic E-state index is -0.0594. The van der Waals surface area contributed by atoms with Gasteiger partial charge in [-0.05, 0) is 56.3 Å². The Morgan fingerprint density at radius 3 is 2.15 bits per heavy atom. The highest BCUT2D eigenvalue weighted by atomic mass is 16.5. The topological polar surface area (TPSA) is 41.9 Å². The first-order chi connectivity index (χ1) is 13.1. The molecule has 0 N–H and O–H groups in total. The van der Waals surface area contributed by atoms with Crippen molar-refractivity contribution in [3.63, 3.8) is 0 Å². The number of benzene rings is 3. The Labute approximate surface area is 158 Å². The van der Waals surface area contributed by atoms with Gasteiger partial charge in [0.1, 0.15) is 17.2 Å². The van der Waals surface area contributed by atoms with E-state index in [1.165, 1.54) is 0 Å². The van der Waals surface area contributed by atoms with Gasteiger partial charge in [-0.15, -0.1) is 0 Å². The molecule has 27 heavy (non-hydrogen) atoms. The standard InChI is InChI=1S/C23H20N2O2/c1-16(2)25-21-11-7-6-10-20(21)22(23(25)26)24-17-12-14-19(15-13-17)27-18-8-4-3-5-9-18/h3-16H,1-2H3. The molecule has 3 aromatic rings. The Balaban J connectivity index is 1.63. The average Bonchev–Trinajstić information content (AvgIpc) is 2.96. The molecule has 1 amide bonds. The molecular weight excluding hydrogens is 336 g/mol. The molecular formula is C23H20N2O2. The van der Waals surface area contributed by atoms with E-state index in [9.17, 15) is 4.79 Å². The molecule has 0 aliphatic carbocycles. The van der Waals surface area contributed by atoms with E-state index in [0.717, 1.165) is 28.4 Å². The van der Waals surface area contributed by atoms with Crippen molar-refractivity contribution in [3.05, 3.63) is 84.4 Å². The lowest BCUT2D eigenvalue weighted by Gasteiger charge is -2.20. The molecule has 0 spiro atoms. The molecule has 0 saturated heterocycles. The van der Waals surface area contributed by atoms with Gasteiger partial charge in [0.2, 0.25) is 0 Å². The second-order valence-corrected chi connectivity index (χ2v) is 6.66. The monoisotopic (exact) mass is 356 g/mol. The van der Waals surface area contributed by atoms with Gasteiger partial charge in [-0.25, -0.2) is 4.99 Å². The Bertz CT molecular complexity index is 992. The van der Waals surface area contributed by atoms with Crippen LogP contribution in [0.25, 0.3) is 0 Å². The van der Waals surface area contributed by atoms with Crippen molar-refractivity contribution < 1.29 is 9.53 Å². The molecule has 0 unspecified atom stereocenters. The van der Waals surface area contributed by atoms with Crippen LogP contribution in [0.3, 0.4) is 0 Å². The molecule has 0 atom stereocenters. The number of aliphatic imine (C=N–C) groups is 1. The van der Waals surface area contributed by atoms with Crippen molar-refractivity contribution in [2.75, 3.05) is 4.90 Å². The third-order valence-corrected chi connectivity index (χ3v) is 4.41. The summed E-state index contributed by atoms with van der Waals surface area (Å²) in [6.07, 6.45) is 0. The molecule has 0 fully saturated rings. The number of ether oxygens (including phenoxy) is 1. The van der Waals surface area contributed by atoms with Crippen LogP contribution >= 0.6 is 0 Å². The minimum Gasteiger partial charge on any atom is -0.457 e. The smallest absolute Gasteiger partial charge is 0.277 e. The number of carbonyl (C=O) groups is 1. The third-order valence-electron chi connectivity index (χ3n) is 4.41. The summed E-state index contributed by atoms with van der Waals surface area (Å²) in [4.78, 5) is 19.3. The van der Waals surface area contributed by atoms with E-state index in [1.54, 1.807) is 4.90 Å². The molecule has 1 heterocycles. The van der Waals surface area contributed by atoms with E-state index >= 15 is 0 Å². The van der Waals surface area contributed by atoms with Crippen molar-refractivity contribution in [1.82, 2.24) is 0 Å². The van der Waals surface area contributed by atoms with Gasteiger partial charge in [-0.2, -0.15) is 0 Å². The Kier molecular flexibility index (Phi) is 4.47. The average molecular weight is 356 g/mol. The summed E-state index contributed by atoms with van der Waals surface area (Å²) < 4.78 is 5.81. The maximum Gasteiger partial charge on any atom is 0.277 e. The molecule has 1 aliphatic heterocycles. The highest BCUT2D eigenvalue weighted by Gasteiger charge is 2.35. The van der Waals surface area contributed by atoms with Crippen molar-refractivity contribution in [3.8, 4) is 11.5 Å². The van der Waals surface area contributed by atoms with Crippen molar-refractivity contribution in [2.24, 2.45) is 4.99 Å². The SMILES string of the molecule is CC(C)N1C(=O)C(=Nc2ccc(Oc3ccccc3)cc2)c2ccccc21. The maximum absolute atomic E-state index is 12.9. The van der Waals surface area contributed by atoms with E-state index in [-0.39, 0.29) is 11.9 Å². The Morgan fingerprint density at radius 2 is 1.44 bits per heavy atom. The molecule has 0 radical (unpaired) electrons. The molecule has 1 aliphatic rings. The fourth-order valence-corrected chi connectivity index (χ4v) is 3.19. The van der Waals surface area contributed by atoms with Crippen LogP contribution in [0, 0.1) is 0 Å². The summed E-state index contributed by atoms with van der Waals surface area (Å²) >= 11 is 0. The lowest BCUT2D eigenvalue weighted by atomic mass is 10.1. The Morgan fingerprint density at radius 1 is 0.815 bits per heavy atom. The summed E-state index contributed by atoms with van der Waals surface area (Å²) in [6.45, 7) is 4.01. The largest absolute Gasteiger partial charge is 0.457 e. The van der Waals surface area contributed by atoms with Gasteiger partial charge in [0.25, 0.3) is 5.91 Å². The number of rotatable bonds is 4. The molecule has 4 nitrogen and oxygen atoms in total. The Hall–Kier alpha value is -3.40. The summed E-state index contributed by atoms with van der Waals surface area (Å²) in [7, 11) is 0. The third kappa shape index (κ3) is 3.34. The minimum absolute atomic E-state index is 0.0594. The van der Waals surface area contributed by atoms with Crippen LogP contribution in [0.15, 0.2) is 83.9 Å². The van der Waals surface area contributed by atoms with Gasteiger partial charge in [0.05, 0.1) is 11.4 Å². The zero-order valence-corrected chi connectivity index (χ0v) is 15.3. The normalized spacial score (nSPS) is 14.7. The number of hydrogen-bond donors (Lipinski definition) is 0. The highest BCUT2D eigenvalue weighted by Crippen LogP contribution is 2.32. The first-order valence-electron chi connectivity index (χ1n) is 8.98. The first-order valence-corrected chi connectivity index (χ1v) is 8.98. The van der Waals surface area contributed by atoms with Gasteiger partial charge >= 0.3 is 0 Å². The highest BCUT2D eigenvalue weighted by molar-refractivity contribution is 6.54. The van der Waals surface area contributed by atoms with Crippen molar-refractivity contribution in [2.45, 2.75) is 19.9 Å². The molecule has 0 saturated carbocycles. The number of hydrogen-bond acceptors (Lipinski definition) is 3. The van der Waals surface area contributed by atoms with Gasteiger partial charge in [0, 0.05) is 11.6 Å². The van der Waals surface area contributed by atoms with Gasteiger partial charge in [-0.1, -0.05) is 36.4 Å². The van der Waals surface area contributed by atoms with E-state index in [2.05, 4.69) is 4.99 Å². The van der Waals surface area contributed by atoms with Crippen LogP contribution in [0.4, 0.5) is 11.4 Å². The molecule has 3 aromatic carbocycles. The number of fused-ring (bicyclic) bond motifs is 1. The van der Waals surface area contributed by atoms with Crippen LogP contribution in [0.2, 0.25) is 0 Å². The van der Waals surface area contributed by atoms with Gasteiger partial charge < -0.3 is 9.64 Å². The quantitative estimate of drug-likeness (QED) is 0.632. The number of para-hydroxylation sites is 2. The number of nitrogens with zero attached hydrogens (tertiary/aromatic N) is 2. The van der Waals surface area contributed by atoms with Crippen LogP contribution in [-0.2, 0) is 4.79 Å². The van der Waals surface area contributed by atoms with Crippen LogP contribution in [0.5, 0.6) is 11.5 Å². The van der Waals surface area contributed by atoms with E-state index < -0.39 is 0 Å². The molecule has 0 bridgehead atoms. The van der Waals surface area contributed by atoms with Crippen LogP contribution in [-0.4, -0.2) is 17.7 Å². The number of amides is 1. The number of carbonyl (C=O) groups excluding carboxylic acids is 1. The molecule has 4 heteroatoms. The predicted octanol–water partition coefficient (Wildman–Crippen LogP) is 5.35. The summed E-state index contributed by atoms with van der Waals surface area (Å²) in [6, 6.07) is 24.9. The fourth-order valence-electron chi connectivity index (χ4n) is 3.19. The molecule has 134 valence electrons. The van der Waals surface area contributed by atoms with Crippen LogP contribution < -0.4 is 9.64 Å². The summed E-state index contributed by atoms with van der Waals surface area (Å²) in [5.74, 6) is 1.45. The van der Waals surface area contributed by atoms with E-state index in [1.807, 2.05) is 92.7 Å².